The second kappa shape index (κ2) is 7.89. The average Bonchev–Trinajstić information content (AvgIpc) is 3.55. The minimum Gasteiger partial charge on any atom is -0.310 e. The molecule has 0 radical (unpaired) electrons. The number of likely N-dealkylation sites (tertiary alicyclic amines) is 1. The molecular weight excluding hydrogens is 359 g/mol. The van der Waals surface area contributed by atoms with Crippen LogP contribution in [0.15, 0.2) is 72.8 Å². The lowest BCUT2D eigenvalue weighted by Gasteiger charge is -2.36. The minimum atomic E-state index is -1.07. The van der Waals surface area contributed by atoms with Crippen LogP contribution in [-0.2, 0) is 6.54 Å². The Morgan fingerprint density at radius 2 is 1.62 bits per heavy atom. The second-order valence-corrected chi connectivity index (χ2v) is 8.85. The van der Waals surface area contributed by atoms with E-state index in [1.165, 1.54) is 21.9 Å². The van der Waals surface area contributed by atoms with Crippen LogP contribution in [0, 0.1) is 0 Å². The molecule has 0 aromatic heterocycles. The number of nitrogens with one attached hydrogen (secondary N) is 1. The standard InChI is InChI=1S/C26H29FN2/c27-26(19-28-25-17-24(25)22-7-2-1-3-8-22)12-14-29(15-13-26)18-20-10-11-21-6-4-5-9-23(21)16-20/h1-11,16,24-25,28H,12-15,17-19H2. The van der Waals surface area contributed by atoms with Crippen LogP contribution in [0.4, 0.5) is 4.39 Å². The first kappa shape index (κ1) is 18.8. The highest BCUT2D eigenvalue weighted by atomic mass is 19.1. The number of rotatable bonds is 6. The quantitative estimate of drug-likeness (QED) is 0.617. The summed E-state index contributed by atoms with van der Waals surface area (Å²) in [5.41, 5.74) is 1.63. The summed E-state index contributed by atoms with van der Waals surface area (Å²) in [4.78, 5) is 2.39. The van der Waals surface area contributed by atoms with Gasteiger partial charge in [0.25, 0.3) is 0 Å². The molecule has 0 spiro atoms. The molecule has 3 heteroatoms. The lowest BCUT2D eigenvalue weighted by molar-refractivity contribution is 0.0544. The summed E-state index contributed by atoms with van der Waals surface area (Å²) in [6.45, 7) is 3.06. The summed E-state index contributed by atoms with van der Waals surface area (Å²) in [5, 5.41) is 6.06. The van der Waals surface area contributed by atoms with Crippen LogP contribution in [0.2, 0.25) is 0 Å². The van der Waals surface area contributed by atoms with E-state index in [4.69, 9.17) is 0 Å². The summed E-state index contributed by atoms with van der Waals surface area (Å²) in [6.07, 6.45) is 2.38. The molecular formula is C26H29FN2. The van der Waals surface area contributed by atoms with E-state index in [1.807, 2.05) is 0 Å². The van der Waals surface area contributed by atoms with Crippen molar-refractivity contribution in [1.82, 2.24) is 10.2 Å². The fourth-order valence-corrected chi connectivity index (χ4v) is 4.69. The summed E-state index contributed by atoms with van der Waals surface area (Å²) in [7, 11) is 0. The zero-order valence-electron chi connectivity index (χ0n) is 16.9. The molecule has 29 heavy (non-hydrogen) atoms. The van der Waals surface area contributed by atoms with E-state index in [-0.39, 0.29) is 0 Å². The highest BCUT2D eigenvalue weighted by Crippen LogP contribution is 2.41. The van der Waals surface area contributed by atoms with Gasteiger partial charge < -0.3 is 5.32 Å². The van der Waals surface area contributed by atoms with Crippen molar-refractivity contribution in [1.29, 1.82) is 0 Å². The van der Waals surface area contributed by atoms with Gasteiger partial charge in [0.15, 0.2) is 0 Å². The molecule has 0 bridgehead atoms. The van der Waals surface area contributed by atoms with Gasteiger partial charge in [0, 0.05) is 38.1 Å². The number of alkyl halides is 1. The number of piperidine rings is 1. The zero-order valence-corrected chi connectivity index (χ0v) is 16.9. The molecule has 3 aromatic carbocycles. The van der Waals surface area contributed by atoms with Crippen LogP contribution in [0.1, 0.15) is 36.3 Å². The molecule has 0 amide bonds. The molecule has 150 valence electrons. The van der Waals surface area contributed by atoms with Gasteiger partial charge in [-0.3, -0.25) is 4.90 Å². The van der Waals surface area contributed by atoms with Crippen LogP contribution in [0.3, 0.4) is 0 Å². The van der Waals surface area contributed by atoms with E-state index in [1.54, 1.807) is 0 Å². The van der Waals surface area contributed by atoms with Crippen molar-refractivity contribution in [3.05, 3.63) is 83.9 Å². The minimum absolute atomic E-state index is 0.445. The molecule has 2 aliphatic rings. The Morgan fingerprint density at radius 3 is 2.41 bits per heavy atom. The van der Waals surface area contributed by atoms with E-state index in [9.17, 15) is 0 Å². The van der Waals surface area contributed by atoms with Crippen molar-refractivity contribution in [3.63, 3.8) is 0 Å². The fraction of sp³-hybridized carbons (Fsp3) is 0.385. The molecule has 1 N–H and O–H groups in total. The lowest BCUT2D eigenvalue weighted by atomic mass is 9.92. The maximum absolute atomic E-state index is 15.3. The molecule has 1 saturated heterocycles. The molecule has 2 nitrogen and oxygen atoms in total. The van der Waals surface area contributed by atoms with Gasteiger partial charge in [-0.25, -0.2) is 4.39 Å². The third-order valence-corrected chi connectivity index (χ3v) is 6.67. The van der Waals surface area contributed by atoms with Crippen LogP contribution >= 0.6 is 0 Å². The number of hydrogen-bond donors (Lipinski definition) is 1. The molecule has 2 atom stereocenters. The molecule has 1 aliphatic heterocycles. The smallest absolute Gasteiger partial charge is 0.125 e. The number of fused-ring (bicyclic) bond motifs is 1. The summed E-state index contributed by atoms with van der Waals surface area (Å²) in [5.74, 6) is 0.563. The molecule has 5 rings (SSSR count). The van der Waals surface area contributed by atoms with Crippen molar-refractivity contribution < 1.29 is 4.39 Å². The van der Waals surface area contributed by atoms with Gasteiger partial charge in [0.2, 0.25) is 0 Å². The van der Waals surface area contributed by atoms with E-state index in [0.717, 1.165) is 26.1 Å². The van der Waals surface area contributed by atoms with Gasteiger partial charge in [-0.05, 0) is 47.2 Å². The Bertz CT molecular complexity index is 963. The maximum atomic E-state index is 15.3. The van der Waals surface area contributed by atoms with E-state index >= 15 is 4.39 Å². The third-order valence-electron chi connectivity index (χ3n) is 6.67. The summed E-state index contributed by atoms with van der Waals surface area (Å²) < 4.78 is 15.3. The summed E-state index contributed by atoms with van der Waals surface area (Å²) >= 11 is 0. The highest BCUT2D eigenvalue weighted by Gasteiger charge is 2.41. The van der Waals surface area contributed by atoms with Crippen molar-refractivity contribution in [2.45, 2.75) is 43.4 Å². The lowest BCUT2D eigenvalue weighted by Crippen LogP contribution is -2.47. The first-order valence-corrected chi connectivity index (χ1v) is 10.9. The monoisotopic (exact) mass is 388 g/mol. The molecule has 1 saturated carbocycles. The third kappa shape index (κ3) is 4.36. The van der Waals surface area contributed by atoms with E-state index in [0.29, 0.717) is 31.3 Å². The first-order valence-electron chi connectivity index (χ1n) is 10.9. The Hall–Kier alpha value is -2.23. The molecule has 1 heterocycles. The van der Waals surface area contributed by atoms with Crippen molar-refractivity contribution >= 4 is 10.8 Å². The van der Waals surface area contributed by atoms with Crippen LogP contribution < -0.4 is 5.32 Å². The van der Waals surface area contributed by atoms with Gasteiger partial charge in [0.1, 0.15) is 5.67 Å². The zero-order chi connectivity index (χ0) is 19.7. The Balaban J connectivity index is 1.11. The maximum Gasteiger partial charge on any atom is 0.125 e. The van der Waals surface area contributed by atoms with Crippen molar-refractivity contribution in [2.75, 3.05) is 19.6 Å². The van der Waals surface area contributed by atoms with Gasteiger partial charge in [-0.1, -0.05) is 66.7 Å². The molecule has 3 aromatic rings. The van der Waals surface area contributed by atoms with Gasteiger partial charge >= 0.3 is 0 Å². The van der Waals surface area contributed by atoms with Gasteiger partial charge in [0.05, 0.1) is 0 Å². The van der Waals surface area contributed by atoms with Gasteiger partial charge in [-0.15, -0.1) is 0 Å². The largest absolute Gasteiger partial charge is 0.310 e. The predicted octanol–water partition coefficient (Wildman–Crippen LogP) is 5.29. The second-order valence-electron chi connectivity index (χ2n) is 8.85. The average molecular weight is 389 g/mol. The predicted molar refractivity (Wildman–Crippen MR) is 118 cm³/mol. The van der Waals surface area contributed by atoms with Crippen molar-refractivity contribution in [3.8, 4) is 0 Å². The summed E-state index contributed by atoms with van der Waals surface area (Å²) in [6, 6.07) is 26.2. The normalized spacial score (nSPS) is 23.9. The number of nitrogens with zero attached hydrogens (tertiary/aromatic N) is 1. The number of halogens is 1. The number of hydrogen-bond acceptors (Lipinski definition) is 2. The fourth-order valence-electron chi connectivity index (χ4n) is 4.69. The van der Waals surface area contributed by atoms with Gasteiger partial charge in [-0.2, -0.15) is 0 Å². The van der Waals surface area contributed by atoms with Crippen LogP contribution in [-0.4, -0.2) is 36.2 Å². The SMILES string of the molecule is FC1(CNC2CC2c2ccccc2)CCN(Cc2ccc3ccccc3c2)CC1. The highest BCUT2D eigenvalue weighted by molar-refractivity contribution is 5.82. The Morgan fingerprint density at radius 1 is 0.897 bits per heavy atom. The molecule has 2 unspecified atom stereocenters. The molecule has 2 fully saturated rings. The number of benzene rings is 3. The topological polar surface area (TPSA) is 15.3 Å². The van der Waals surface area contributed by atoms with Crippen LogP contribution in [0.5, 0.6) is 0 Å². The Kier molecular flexibility index (Phi) is 5.11. The van der Waals surface area contributed by atoms with Crippen molar-refractivity contribution in [2.24, 2.45) is 0 Å². The van der Waals surface area contributed by atoms with Crippen LogP contribution in [0.25, 0.3) is 10.8 Å². The Labute approximate surface area is 172 Å². The molecule has 1 aliphatic carbocycles. The first-order chi connectivity index (χ1) is 14.2. The van der Waals surface area contributed by atoms with E-state index < -0.39 is 5.67 Å². The van der Waals surface area contributed by atoms with E-state index in [2.05, 4.69) is 83.0 Å².